The van der Waals surface area contributed by atoms with Gasteiger partial charge in [-0.25, -0.2) is 0 Å². The zero-order valence-electron chi connectivity index (χ0n) is 41.7. The predicted molar refractivity (Wildman–Crippen MR) is 276 cm³/mol. The Hall–Kier alpha value is -3.12. The molecular formula is C62H92. The average Bonchev–Trinajstić information content (AvgIpc) is 3.67. The van der Waals surface area contributed by atoms with Crippen molar-refractivity contribution in [3.63, 3.8) is 0 Å². The number of rotatable bonds is 28. The molecule has 0 radical (unpaired) electrons. The maximum atomic E-state index is 2.53. The summed E-state index contributed by atoms with van der Waals surface area (Å²) >= 11 is 0. The number of hydrogen-bond acceptors (Lipinski definition) is 0. The van der Waals surface area contributed by atoms with Crippen molar-refractivity contribution < 1.29 is 0 Å². The van der Waals surface area contributed by atoms with Gasteiger partial charge in [-0.15, -0.1) is 0 Å². The van der Waals surface area contributed by atoms with Gasteiger partial charge in [-0.2, -0.15) is 0 Å². The van der Waals surface area contributed by atoms with Gasteiger partial charge in [0, 0.05) is 10.8 Å². The number of unbranched alkanes of at least 4 members (excludes halogenated alkanes) is 20. The third-order valence-electron chi connectivity index (χ3n) is 15.2. The van der Waals surface area contributed by atoms with Gasteiger partial charge in [0.1, 0.15) is 0 Å². The summed E-state index contributed by atoms with van der Waals surface area (Å²) in [5.41, 5.74) is 18.7. The Labute approximate surface area is 383 Å². The molecule has 6 rings (SSSR count). The quantitative estimate of drug-likeness (QED) is 0.0500. The van der Waals surface area contributed by atoms with E-state index in [2.05, 4.69) is 128 Å². The van der Waals surface area contributed by atoms with E-state index in [0.717, 1.165) is 0 Å². The molecule has 0 fully saturated rings. The molecule has 2 aliphatic rings. The molecule has 0 bridgehead atoms. The number of fused-ring (bicyclic) bond motifs is 6. The average molecular weight is 837 g/mol. The smallest absolute Gasteiger partial charge is 0.0215 e. The van der Waals surface area contributed by atoms with Crippen LogP contribution in [0.3, 0.4) is 0 Å². The zero-order valence-corrected chi connectivity index (χ0v) is 41.7. The van der Waals surface area contributed by atoms with Crippen molar-refractivity contribution in [3.05, 3.63) is 117 Å². The van der Waals surface area contributed by atoms with Gasteiger partial charge in [0.05, 0.1) is 0 Å². The van der Waals surface area contributed by atoms with E-state index in [1.54, 1.807) is 22.3 Å². The van der Waals surface area contributed by atoms with Crippen molar-refractivity contribution in [2.45, 2.75) is 246 Å². The van der Waals surface area contributed by atoms with Crippen LogP contribution in [0, 0.1) is 27.7 Å². The molecule has 62 heavy (non-hydrogen) atoms. The highest BCUT2D eigenvalue weighted by Crippen LogP contribution is 2.56. The normalized spacial score (nSPS) is 13.9. The summed E-state index contributed by atoms with van der Waals surface area (Å²) in [7, 11) is 0. The Morgan fingerprint density at radius 2 is 0.452 bits per heavy atom. The SMILES string of the molecule is CCCCCCCCC1(CCCCCCCC)c2cc(C)ccc2-c2ccc(C)cc21.CCCCCCCCC1(CCCCCCCC)c2cc(C)ccc2-c2ccc(C)cc21. The topological polar surface area (TPSA) is 0 Å². The first-order valence-corrected chi connectivity index (χ1v) is 26.7. The lowest BCUT2D eigenvalue weighted by Gasteiger charge is -2.33. The van der Waals surface area contributed by atoms with Crippen LogP contribution in [0.25, 0.3) is 22.3 Å². The van der Waals surface area contributed by atoms with E-state index < -0.39 is 0 Å². The van der Waals surface area contributed by atoms with E-state index in [0.29, 0.717) is 0 Å². The van der Waals surface area contributed by atoms with Crippen molar-refractivity contribution >= 4 is 0 Å². The standard InChI is InChI=1S/2C31H46/c2*1-5-7-9-11-13-15-21-31(22-16-14-12-10-8-6-2)29-23-25(3)17-19-27(29)28-20-18-26(4)24-30(28)31/h2*17-20,23-24H,5-16,21-22H2,1-4H3. The summed E-state index contributed by atoms with van der Waals surface area (Å²) in [6.07, 6.45) is 38.5. The molecule has 0 aromatic heterocycles. The Bertz CT molecular complexity index is 1630. The molecule has 0 spiro atoms. The highest BCUT2D eigenvalue weighted by atomic mass is 14.5. The lowest BCUT2D eigenvalue weighted by molar-refractivity contribution is 0.397. The molecule has 0 unspecified atom stereocenters. The fraction of sp³-hybridized carbons (Fsp3) is 0.613. The maximum absolute atomic E-state index is 2.53. The first kappa shape index (κ1) is 49.9. The summed E-state index contributed by atoms with van der Waals surface area (Å²) in [5, 5.41) is 0. The number of benzene rings is 4. The number of aryl methyl sites for hydroxylation is 4. The largest absolute Gasteiger partial charge is 0.0654 e. The van der Waals surface area contributed by atoms with Crippen molar-refractivity contribution in [2.75, 3.05) is 0 Å². The fourth-order valence-corrected chi connectivity index (χ4v) is 11.6. The molecule has 0 atom stereocenters. The molecule has 340 valence electrons. The van der Waals surface area contributed by atoms with Crippen LogP contribution in [0.15, 0.2) is 72.8 Å². The van der Waals surface area contributed by atoms with Gasteiger partial charge in [-0.3, -0.25) is 0 Å². The molecule has 0 heteroatoms. The van der Waals surface area contributed by atoms with Crippen LogP contribution in [-0.2, 0) is 10.8 Å². The summed E-state index contributed by atoms with van der Waals surface area (Å²) in [6.45, 7) is 18.3. The zero-order chi connectivity index (χ0) is 44.2. The first-order chi connectivity index (χ1) is 30.2. The van der Waals surface area contributed by atoms with Crippen LogP contribution < -0.4 is 0 Å². The Morgan fingerprint density at radius 3 is 0.661 bits per heavy atom. The van der Waals surface area contributed by atoms with Gasteiger partial charge in [-0.05, 0) is 97.9 Å². The molecule has 0 amide bonds. The van der Waals surface area contributed by atoms with Crippen molar-refractivity contribution in [1.29, 1.82) is 0 Å². The van der Waals surface area contributed by atoms with Gasteiger partial charge < -0.3 is 0 Å². The van der Waals surface area contributed by atoms with Crippen LogP contribution in [0.4, 0.5) is 0 Å². The van der Waals surface area contributed by atoms with E-state index in [4.69, 9.17) is 0 Å². The van der Waals surface area contributed by atoms with Gasteiger partial charge in [-0.1, -0.05) is 277 Å². The van der Waals surface area contributed by atoms with Gasteiger partial charge in [0.2, 0.25) is 0 Å². The molecule has 0 saturated heterocycles. The van der Waals surface area contributed by atoms with E-state index in [1.807, 2.05) is 0 Å². The lowest BCUT2D eigenvalue weighted by atomic mass is 9.70. The summed E-state index contributed by atoms with van der Waals surface area (Å²) in [6, 6.07) is 29.0. The summed E-state index contributed by atoms with van der Waals surface area (Å²) in [4.78, 5) is 0. The van der Waals surface area contributed by atoms with Crippen molar-refractivity contribution in [1.82, 2.24) is 0 Å². The van der Waals surface area contributed by atoms with Crippen LogP contribution >= 0.6 is 0 Å². The number of hydrogen-bond donors (Lipinski definition) is 0. The van der Waals surface area contributed by atoms with Crippen molar-refractivity contribution in [3.8, 4) is 22.3 Å². The second kappa shape index (κ2) is 26.0. The van der Waals surface area contributed by atoms with Crippen LogP contribution in [-0.4, -0.2) is 0 Å². The minimum atomic E-state index is 0.234. The highest BCUT2D eigenvalue weighted by molar-refractivity contribution is 5.82. The Morgan fingerprint density at radius 1 is 0.258 bits per heavy atom. The molecule has 0 heterocycles. The molecule has 0 saturated carbocycles. The molecule has 0 nitrogen and oxygen atoms in total. The van der Waals surface area contributed by atoms with Crippen LogP contribution in [0.2, 0.25) is 0 Å². The minimum absolute atomic E-state index is 0.234. The summed E-state index contributed by atoms with van der Waals surface area (Å²) in [5.74, 6) is 0. The van der Waals surface area contributed by atoms with Crippen LogP contribution in [0.1, 0.15) is 252 Å². The van der Waals surface area contributed by atoms with Crippen LogP contribution in [0.5, 0.6) is 0 Å². The third-order valence-corrected chi connectivity index (χ3v) is 15.2. The molecular weight excluding hydrogens is 745 g/mol. The molecule has 2 aliphatic carbocycles. The predicted octanol–water partition coefficient (Wildman–Crippen LogP) is 20.1. The minimum Gasteiger partial charge on any atom is -0.0654 e. The second-order valence-corrected chi connectivity index (χ2v) is 20.4. The van der Waals surface area contributed by atoms with Crippen molar-refractivity contribution in [2.24, 2.45) is 0 Å². The van der Waals surface area contributed by atoms with E-state index >= 15 is 0 Å². The van der Waals surface area contributed by atoms with Gasteiger partial charge in [0.15, 0.2) is 0 Å². The third kappa shape index (κ3) is 13.0. The lowest BCUT2D eigenvalue weighted by Crippen LogP contribution is -2.25. The van der Waals surface area contributed by atoms with E-state index in [9.17, 15) is 0 Å². The van der Waals surface area contributed by atoms with Gasteiger partial charge in [0.25, 0.3) is 0 Å². The highest BCUT2D eigenvalue weighted by Gasteiger charge is 2.43. The van der Waals surface area contributed by atoms with E-state index in [1.165, 1.54) is 224 Å². The molecule has 4 aromatic carbocycles. The van der Waals surface area contributed by atoms with Gasteiger partial charge >= 0.3 is 0 Å². The Kier molecular flexibility index (Phi) is 20.9. The maximum Gasteiger partial charge on any atom is 0.0215 e. The first-order valence-electron chi connectivity index (χ1n) is 26.7. The monoisotopic (exact) mass is 837 g/mol. The van der Waals surface area contributed by atoms with E-state index in [-0.39, 0.29) is 10.8 Å². The summed E-state index contributed by atoms with van der Waals surface area (Å²) < 4.78 is 0. The molecule has 0 N–H and O–H groups in total. The molecule has 0 aliphatic heterocycles. The molecule has 4 aromatic rings. The second-order valence-electron chi connectivity index (χ2n) is 20.4. The Balaban J connectivity index is 0.000000234. The fourth-order valence-electron chi connectivity index (χ4n) is 11.6.